The summed E-state index contributed by atoms with van der Waals surface area (Å²) in [7, 11) is 0. The molecule has 2 aliphatic heterocycles. The average molecular weight is 363 g/mol. The number of nitrogens with zero attached hydrogens (tertiary/aromatic N) is 3. The van der Waals surface area contributed by atoms with Gasteiger partial charge in [0.2, 0.25) is 0 Å². The first-order valence-electron chi connectivity index (χ1n) is 10.1. The van der Waals surface area contributed by atoms with E-state index in [1.54, 1.807) is 0 Å². The van der Waals surface area contributed by atoms with Gasteiger partial charge >= 0.3 is 0 Å². The van der Waals surface area contributed by atoms with E-state index in [1.165, 1.54) is 0 Å². The van der Waals surface area contributed by atoms with E-state index in [2.05, 4.69) is 23.6 Å². The smallest absolute Gasteiger partial charge is 0.270 e. The zero-order valence-corrected chi connectivity index (χ0v) is 15.8. The molecule has 3 heterocycles. The van der Waals surface area contributed by atoms with Gasteiger partial charge in [-0.1, -0.05) is 25.5 Å². The van der Waals surface area contributed by atoms with Crippen molar-refractivity contribution in [1.82, 2.24) is 14.4 Å². The highest BCUT2D eigenvalue weighted by Crippen LogP contribution is 2.36. The Morgan fingerprint density at radius 3 is 2.59 bits per heavy atom. The van der Waals surface area contributed by atoms with Gasteiger partial charge in [-0.2, -0.15) is 0 Å². The van der Waals surface area contributed by atoms with E-state index in [9.17, 15) is 9.59 Å². The molecule has 3 aliphatic rings. The molecule has 0 unspecified atom stereocenters. The SMILES string of the molecule is CCCCN1CCn2c(ccc2-c2ccc3c(c2)C(=O)N(C2CC2)C3)C1=O. The fourth-order valence-electron chi connectivity index (χ4n) is 4.36. The number of amides is 2. The maximum atomic E-state index is 12.8. The third-order valence-corrected chi connectivity index (χ3v) is 6.09. The number of hydrogen-bond donors (Lipinski definition) is 0. The van der Waals surface area contributed by atoms with Crippen molar-refractivity contribution in [3.8, 4) is 11.3 Å². The molecular formula is C22H25N3O2. The number of fused-ring (bicyclic) bond motifs is 2. The normalized spacial score (nSPS) is 18.9. The van der Waals surface area contributed by atoms with Crippen LogP contribution in [0.25, 0.3) is 11.3 Å². The average Bonchev–Trinajstić information content (AvgIpc) is 3.35. The molecule has 0 spiro atoms. The van der Waals surface area contributed by atoms with Gasteiger partial charge < -0.3 is 14.4 Å². The molecule has 0 bridgehead atoms. The summed E-state index contributed by atoms with van der Waals surface area (Å²) in [5.74, 6) is 0.291. The number of hydrogen-bond acceptors (Lipinski definition) is 2. The minimum atomic E-state index is 0.123. The molecule has 5 heteroatoms. The van der Waals surface area contributed by atoms with Gasteiger partial charge in [0.1, 0.15) is 5.69 Å². The molecule has 1 aromatic carbocycles. The largest absolute Gasteiger partial charge is 0.336 e. The highest BCUT2D eigenvalue weighted by molar-refractivity contribution is 6.00. The lowest BCUT2D eigenvalue weighted by atomic mass is 10.0. The van der Waals surface area contributed by atoms with Crippen molar-refractivity contribution < 1.29 is 9.59 Å². The maximum absolute atomic E-state index is 12.8. The van der Waals surface area contributed by atoms with Crippen LogP contribution in [-0.4, -0.2) is 45.3 Å². The fraction of sp³-hybridized carbons (Fsp3) is 0.455. The minimum absolute atomic E-state index is 0.123. The van der Waals surface area contributed by atoms with Crippen molar-refractivity contribution in [2.24, 2.45) is 0 Å². The van der Waals surface area contributed by atoms with Crippen molar-refractivity contribution in [2.75, 3.05) is 13.1 Å². The van der Waals surface area contributed by atoms with Crippen LogP contribution in [0, 0.1) is 0 Å². The van der Waals surface area contributed by atoms with Crippen molar-refractivity contribution in [2.45, 2.75) is 51.7 Å². The molecular weight excluding hydrogens is 338 g/mol. The maximum Gasteiger partial charge on any atom is 0.270 e. The highest BCUT2D eigenvalue weighted by atomic mass is 16.2. The third kappa shape index (κ3) is 2.68. The van der Waals surface area contributed by atoms with Crippen LogP contribution in [-0.2, 0) is 13.1 Å². The topological polar surface area (TPSA) is 45.6 Å². The molecule has 27 heavy (non-hydrogen) atoms. The molecule has 2 aromatic rings. The fourth-order valence-corrected chi connectivity index (χ4v) is 4.36. The van der Waals surface area contributed by atoms with Crippen LogP contribution >= 0.6 is 0 Å². The molecule has 2 amide bonds. The Bertz CT molecular complexity index is 926. The van der Waals surface area contributed by atoms with Crippen molar-refractivity contribution >= 4 is 11.8 Å². The van der Waals surface area contributed by atoms with E-state index >= 15 is 0 Å². The van der Waals surface area contributed by atoms with Crippen molar-refractivity contribution in [3.63, 3.8) is 0 Å². The summed E-state index contributed by atoms with van der Waals surface area (Å²) in [6.45, 7) is 5.30. The van der Waals surface area contributed by atoms with Crippen LogP contribution in [0.4, 0.5) is 0 Å². The quantitative estimate of drug-likeness (QED) is 0.816. The van der Waals surface area contributed by atoms with Gasteiger partial charge in [-0.3, -0.25) is 9.59 Å². The van der Waals surface area contributed by atoms with Gasteiger partial charge in [-0.25, -0.2) is 0 Å². The van der Waals surface area contributed by atoms with E-state index in [0.29, 0.717) is 6.04 Å². The summed E-state index contributed by atoms with van der Waals surface area (Å²) in [4.78, 5) is 29.5. The third-order valence-electron chi connectivity index (χ3n) is 6.09. The van der Waals surface area contributed by atoms with Crippen LogP contribution < -0.4 is 0 Å². The molecule has 5 rings (SSSR count). The molecule has 0 saturated heterocycles. The lowest BCUT2D eigenvalue weighted by Gasteiger charge is -2.29. The predicted molar refractivity (Wildman–Crippen MR) is 104 cm³/mol. The second kappa shape index (κ2) is 6.25. The van der Waals surface area contributed by atoms with Crippen LogP contribution in [0.3, 0.4) is 0 Å². The number of aromatic nitrogens is 1. The number of carbonyl (C=O) groups is 2. The molecule has 1 saturated carbocycles. The van der Waals surface area contributed by atoms with E-state index in [1.807, 2.05) is 28.0 Å². The van der Waals surface area contributed by atoms with Crippen LogP contribution in [0.2, 0.25) is 0 Å². The standard InChI is InChI=1S/C22H25N3O2/c1-2-3-10-23-11-12-24-19(8-9-20(24)22(23)27)15-4-5-16-14-25(17-6-7-17)21(26)18(16)13-15/h4-5,8-9,13,17H,2-3,6-7,10-12,14H2,1H3. The Hall–Kier alpha value is -2.56. The molecule has 1 aromatic heterocycles. The van der Waals surface area contributed by atoms with Gasteiger partial charge in [0.15, 0.2) is 0 Å². The zero-order valence-electron chi connectivity index (χ0n) is 15.8. The number of carbonyl (C=O) groups excluding carboxylic acids is 2. The highest BCUT2D eigenvalue weighted by Gasteiger charge is 2.38. The Morgan fingerprint density at radius 1 is 1.00 bits per heavy atom. The van der Waals surface area contributed by atoms with Crippen LogP contribution in [0.1, 0.15) is 59.0 Å². The summed E-state index contributed by atoms with van der Waals surface area (Å²) in [6.07, 6.45) is 4.41. The number of benzene rings is 1. The second-order valence-electron chi connectivity index (χ2n) is 7.94. The molecule has 1 fully saturated rings. The Kier molecular flexibility index (Phi) is 3.85. The second-order valence-corrected chi connectivity index (χ2v) is 7.94. The summed E-state index contributed by atoms with van der Waals surface area (Å²) in [5, 5.41) is 0. The number of unbranched alkanes of at least 4 members (excludes halogenated alkanes) is 1. The first-order chi connectivity index (χ1) is 13.2. The summed E-state index contributed by atoms with van der Waals surface area (Å²) < 4.78 is 2.12. The lowest BCUT2D eigenvalue weighted by molar-refractivity contribution is 0.0702. The van der Waals surface area contributed by atoms with E-state index < -0.39 is 0 Å². The van der Waals surface area contributed by atoms with E-state index in [4.69, 9.17) is 0 Å². The molecule has 140 valence electrons. The zero-order chi connectivity index (χ0) is 18.5. The Morgan fingerprint density at radius 2 is 1.81 bits per heavy atom. The van der Waals surface area contributed by atoms with Gasteiger partial charge in [0, 0.05) is 43.5 Å². The molecule has 0 atom stereocenters. The first kappa shape index (κ1) is 16.6. The molecule has 0 radical (unpaired) electrons. The van der Waals surface area contributed by atoms with Gasteiger partial charge in [0.05, 0.1) is 0 Å². The number of rotatable bonds is 5. The summed E-state index contributed by atoms with van der Waals surface area (Å²) in [6, 6.07) is 10.6. The molecule has 5 nitrogen and oxygen atoms in total. The van der Waals surface area contributed by atoms with E-state index in [0.717, 1.165) is 79.9 Å². The molecule has 0 N–H and O–H groups in total. The molecule has 1 aliphatic carbocycles. The Balaban J connectivity index is 1.45. The Labute approximate surface area is 159 Å². The minimum Gasteiger partial charge on any atom is -0.336 e. The predicted octanol–water partition coefficient (Wildman–Crippen LogP) is 3.53. The van der Waals surface area contributed by atoms with E-state index in [-0.39, 0.29) is 11.8 Å². The van der Waals surface area contributed by atoms with Crippen molar-refractivity contribution in [1.29, 1.82) is 0 Å². The van der Waals surface area contributed by atoms with Crippen molar-refractivity contribution in [3.05, 3.63) is 47.2 Å². The first-order valence-corrected chi connectivity index (χ1v) is 10.1. The summed E-state index contributed by atoms with van der Waals surface area (Å²) >= 11 is 0. The lowest BCUT2D eigenvalue weighted by Crippen LogP contribution is -2.40. The summed E-state index contributed by atoms with van der Waals surface area (Å²) in [5.41, 5.74) is 4.79. The monoisotopic (exact) mass is 363 g/mol. The van der Waals surface area contributed by atoms with Crippen LogP contribution in [0.5, 0.6) is 0 Å². The van der Waals surface area contributed by atoms with Gasteiger partial charge in [-0.15, -0.1) is 0 Å². The van der Waals surface area contributed by atoms with Crippen LogP contribution in [0.15, 0.2) is 30.3 Å². The van der Waals surface area contributed by atoms with Gasteiger partial charge in [-0.05, 0) is 48.6 Å². The van der Waals surface area contributed by atoms with Gasteiger partial charge in [0.25, 0.3) is 11.8 Å².